The van der Waals surface area contributed by atoms with Crippen LogP contribution in [0.3, 0.4) is 0 Å². The van der Waals surface area contributed by atoms with Gasteiger partial charge in [-0.2, -0.15) is 4.98 Å². The van der Waals surface area contributed by atoms with E-state index in [1.54, 1.807) is 31.1 Å². The van der Waals surface area contributed by atoms with Gasteiger partial charge in [-0.15, -0.1) is 0 Å². The highest BCUT2D eigenvalue weighted by Crippen LogP contribution is 2.36. The first-order valence-electron chi connectivity index (χ1n) is 15.6. The molecule has 1 unspecified atom stereocenters. The Kier molecular flexibility index (Phi) is 10.5. The molecule has 3 amide bonds. The standard InChI is InChI=1S/C32H42N6O6S/c1-20(19-45-21(2)39)31(42)38-11-7-10-25(38)30(41)34-29-23-17-26(43-3)27(44-4)18-24(23)33-32(35-29)37-14-12-36(13-15-37)28(40)16-22-8-5-6-9-22/h16-18,20,25H,5-15,19H2,1-4H3,(H,33,34,35,41)/t20?,25-/m0/s1. The minimum atomic E-state index is -0.653. The SMILES string of the molecule is COc1cc2nc(N3CCN(C(=O)C=C4CCCC4)CC3)nc(NC(=O)[C@@H]3CCCN3C(=O)C(C)CSC(C)=O)c2cc1OC. The second-order valence-electron chi connectivity index (χ2n) is 11.8. The number of methoxy groups -OCH3 is 2. The molecule has 1 saturated carbocycles. The molecule has 13 heteroatoms. The van der Waals surface area contributed by atoms with Gasteiger partial charge in [0.25, 0.3) is 0 Å². The summed E-state index contributed by atoms with van der Waals surface area (Å²) in [6, 6.07) is 2.83. The third-order valence-electron chi connectivity index (χ3n) is 8.68. The van der Waals surface area contributed by atoms with Crippen LogP contribution in [0.1, 0.15) is 52.4 Å². The van der Waals surface area contributed by atoms with E-state index in [-0.39, 0.29) is 22.8 Å². The summed E-state index contributed by atoms with van der Waals surface area (Å²) in [5.74, 6) is 1.26. The van der Waals surface area contributed by atoms with Gasteiger partial charge in [-0.25, -0.2) is 4.98 Å². The van der Waals surface area contributed by atoms with Gasteiger partial charge in [-0.3, -0.25) is 19.2 Å². The number of nitrogens with zero attached hydrogens (tertiary/aromatic N) is 5. The Bertz CT molecular complexity index is 1480. The maximum Gasteiger partial charge on any atom is 0.248 e. The van der Waals surface area contributed by atoms with Crippen molar-refractivity contribution in [2.75, 3.05) is 62.9 Å². The molecule has 242 valence electrons. The number of allylic oxidation sites excluding steroid dienone is 1. The maximum absolute atomic E-state index is 13.7. The number of aromatic nitrogens is 2. The number of nitrogens with one attached hydrogen (secondary N) is 1. The molecule has 1 aliphatic carbocycles. The third kappa shape index (κ3) is 7.51. The number of ether oxygens (including phenoxy) is 2. The quantitative estimate of drug-likeness (QED) is 0.406. The van der Waals surface area contributed by atoms with Crippen molar-refractivity contribution in [3.8, 4) is 11.5 Å². The third-order valence-corrected chi connectivity index (χ3v) is 9.75. The normalized spacial score (nSPS) is 19.1. The molecule has 1 aromatic heterocycles. The number of piperazine rings is 1. The topological polar surface area (TPSA) is 134 Å². The van der Waals surface area contributed by atoms with Crippen molar-refractivity contribution < 1.29 is 28.7 Å². The molecule has 45 heavy (non-hydrogen) atoms. The Labute approximate surface area is 267 Å². The molecule has 12 nitrogen and oxygen atoms in total. The number of likely N-dealkylation sites (tertiary alicyclic amines) is 1. The van der Waals surface area contributed by atoms with Crippen LogP contribution < -0.4 is 19.7 Å². The predicted molar refractivity (Wildman–Crippen MR) is 174 cm³/mol. The Morgan fingerprint density at radius 3 is 2.36 bits per heavy atom. The summed E-state index contributed by atoms with van der Waals surface area (Å²) in [4.78, 5) is 66.4. The Morgan fingerprint density at radius 1 is 1.00 bits per heavy atom. The summed E-state index contributed by atoms with van der Waals surface area (Å²) in [6.45, 7) is 5.91. The van der Waals surface area contributed by atoms with Gasteiger partial charge in [0.05, 0.1) is 19.7 Å². The van der Waals surface area contributed by atoms with Gasteiger partial charge in [0.2, 0.25) is 23.7 Å². The second-order valence-corrected chi connectivity index (χ2v) is 13.0. The predicted octanol–water partition coefficient (Wildman–Crippen LogP) is 3.64. The van der Waals surface area contributed by atoms with Crippen molar-refractivity contribution >= 4 is 57.3 Å². The van der Waals surface area contributed by atoms with Gasteiger partial charge in [0.1, 0.15) is 11.9 Å². The second kappa shape index (κ2) is 14.5. The van der Waals surface area contributed by atoms with Crippen molar-refractivity contribution in [3.63, 3.8) is 0 Å². The van der Waals surface area contributed by atoms with Gasteiger partial charge in [-0.05, 0) is 44.6 Å². The van der Waals surface area contributed by atoms with Gasteiger partial charge in [0, 0.05) is 68.8 Å². The van der Waals surface area contributed by atoms with E-state index in [2.05, 4.69) is 5.32 Å². The number of thioether (sulfide) groups is 1. The molecule has 0 radical (unpaired) electrons. The number of anilines is 2. The lowest BCUT2D eigenvalue weighted by molar-refractivity contribution is -0.139. The van der Waals surface area contributed by atoms with Crippen LogP contribution in [0, 0.1) is 5.92 Å². The number of carbonyl (C=O) groups excluding carboxylic acids is 4. The molecule has 3 fully saturated rings. The number of hydrogen-bond acceptors (Lipinski definition) is 10. The summed E-state index contributed by atoms with van der Waals surface area (Å²) in [6.07, 6.45) is 7.35. The van der Waals surface area contributed by atoms with Crippen LogP contribution in [0.2, 0.25) is 0 Å². The average molecular weight is 639 g/mol. The smallest absolute Gasteiger partial charge is 0.248 e. The molecule has 2 aromatic rings. The van der Waals surface area contributed by atoms with Crippen LogP contribution in [0.5, 0.6) is 11.5 Å². The molecule has 5 rings (SSSR count). The molecule has 3 heterocycles. The lowest BCUT2D eigenvalue weighted by Crippen LogP contribution is -2.49. The molecule has 1 aromatic carbocycles. The zero-order valence-electron chi connectivity index (χ0n) is 26.5. The number of rotatable bonds is 9. The maximum atomic E-state index is 13.7. The summed E-state index contributed by atoms with van der Waals surface area (Å²) >= 11 is 1.12. The number of benzene rings is 1. The van der Waals surface area contributed by atoms with E-state index in [9.17, 15) is 19.2 Å². The molecule has 2 saturated heterocycles. The van der Waals surface area contributed by atoms with Crippen LogP contribution in [0.25, 0.3) is 10.9 Å². The molecule has 0 spiro atoms. The molecule has 2 atom stereocenters. The highest BCUT2D eigenvalue weighted by molar-refractivity contribution is 8.13. The van der Waals surface area contributed by atoms with E-state index < -0.39 is 12.0 Å². The van der Waals surface area contributed by atoms with Crippen LogP contribution in [-0.4, -0.2) is 101 Å². The van der Waals surface area contributed by atoms with E-state index in [0.717, 1.165) is 37.4 Å². The number of amides is 3. The molecule has 0 bridgehead atoms. The van der Waals surface area contributed by atoms with E-state index in [1.807, 2.05) is 15.9 Å². The van der Waals surface area contributed by atoms with E-state index in [1.165, 1.54) is 19.6 Å². The highest BCUT2D eigenvalue weighted by atomic mass is 32.2. The monoisotopic (exact) mass is 638 g/mol. The minimum absolute atomic E-state index is 0.0432. The Balaban J connectivity index is 1.38. The minimum Gasteiger partial charge on any atom is -0.493 e. The number of fused-ring (bicyclic) bond motifs is 1. The van der Waals surface area contributed by atoms with Gasteiger partial charge >= 0.3 is 0 Å². The van der Waals surface area contributed by atoms with E-state index in [0.29, 0.717) is 85.5 Å². The van der Waals surface area contributed by atoms with Crippen LogP contribution >= 0.6 is 11.8 Å². The Hall–Kier alpha value is -3.87. The molecule has 3 aliphatic rings. The van der Waals surface area contributed by atoms with Crippen molar-refractivity contribution in [3.05, 3.63) is 23.8 Å². The van der Waals surface area contributed by atoms with Crippen molar-refractivity contribution in [1.29, 1.82) is 0 Å². The largest absolute Gasteiger partial charge is 0.493 e. The lowest BCUT2D eigenvalue weighted by atomic mass is 10.1. The zero-order chi connectivity index (χ0) is 32.1. The summed E-state index contributed by atoms with van der Waals surface area (Å²) in [5.41, 5.74) is 1.80. The van der Waals surface area contributed by atoms with Gasteiger partial charge in [-0.1, -0.05) is 24.3 Å². The highest BCUT2D eigenvalue weighted by Gasteiger charge is 2.36. The van der Waals surface area contributed by atoms with E-state index in [4.69, 9.17) is 19.4 Å². The zero-order valence-corrected chi connectivity index (χ0v) is 27.3. The molecule has 2 aliphatic heterocycles. The lowest BCUT2D eigenvalue weighted by Gasteiger charge is -2.34. The van der Waals surface area contributed by atoms with Gasteiger partial charge < -0.3 is 29.5 Å². The first kappa shape index (κ1) is 32.5. The fourth-order valence-electron chi connectivity index (χ4n) is 6.15. The number of hydrogen-bond donors (Lipinski definition) is 1. The van der Waals surface area contributed by atoms with Crippen molar-refractivity contribution in [2.24, 2.45) is 5.92 Å². The first-order valence-corrected chi connectivity index (χ1v) is 16.6. The van der Waals surface area contributed by atoms with Gasteiger partial charge in [0.15, 0.2) is 16.6 Å². The average Bonchev–Trinajstić information content (AvgIpc) is 3.75. The van der Waals surface area contributed by atoms with Crippen molar-refractivity contribution in [2.45, 2.75) is 58.4 Å². The molecule has 1 N–H and O–H groups in total. The fraction of sp³-hybridized carbons (Fsp3) is 0.562. The molecular weight excluding hydrogens is 596 g/mol. The van der Waals surface area contributed by atoms with Crippen LogP contribution in [0.15, 0.2) is 23.8 Å². The van der Waals surface area contributed by atoms with Crippen LogP contribution in [-0.2, 0) is 19.2 Å². The fourth-order valence-corrected chi connectivity index (χ4v) is 6.77. The van der Waals surface area contributed by atoms with E-state index >= 15 is 0 Å². The molecular formula is C32H42N6O6S. The summed E-state index contributed by atoms with van der Waals surface area (Å²) in [5, 5.41) is 3.53. The first-order chi connectivity index (χ1) is 21.7. The summed E-state index contributed by atoms with van der Waals surface area (Å²) < 4.78 is 11.0. The van der Waals surface area contributed by atoms with Crippen LogP contribution in [0.4, 0.5) is 11.8 Å². The van der Waals surface area contributed by atoms with Crippen molar-refractivity contribution in [1.82, 2.24) is 19.8 Å². The Morgan fingerprint density at radius 2 is 1.69 bits per heavy atom. The number of carbonyl (C=O) groups is 4. The summed E-state index contributed by atoms with van der Waals surface area (Å²) in [7, 11) is 3.08.